The number of thiazole rings is 1. The van der Waals surface area contributed by atoms with Crippen LogP contribution in [-0.4, -0.2) is 17.0 Å². The predicted molar refractivity (Wildman–Crippen MR) is 105 cm³/mol. The zero-order valence-corrected chi connectivity index (χ0v) is 16.0. The van der Waals surface area contributed by atoms with Gasteiger partial charge in [0.25, 0.3) is 5.91 Å². The van der Waals surface area contributed by atoms with Crippen LogP contribution in [0, 0.1) is 13.8 Å². The molecule has 0 saturated carbocycles. The third kappa shape index (κ3) is 4.29. The minimum Gasteiger partial charge on any atom is -0.481 e. The first kappa shape index (κ1) is 18.1. The van der Waals surface area contributed by atoms with Crippen molar-refractivity contribution in [2.24, 2.45) is 0 Å². The SMILES string of the molecule is Cc1cccc(O[C@@H](C)C(=O)NCc2csc(-c3ccccc3)n2)c1C. The lowest BCUT2D eigenvalue weighted by Crippen LogP contribution is -2.36. The van der Waals surface area contributed by atoms with E-state index in [4.69, 9.17) is 4.74 Å². The predicted octanol–water partition coefficient (Wildman–Crippen LogP) is 4.51. The Morgan fingerprint density at radius 3 is 2.69 bits per heavy atom. The molecule has 0 unspecified atom stereocenters. The maximum absolute atomic E-state index is 12.3. The molecule has 0 radical (unpaired) electrons. The van der Waals surface area contributed by atoms with Gasteiger partial charge in [-0.1, -0.05) is 42.5 Å². The van der Waals surface area contributed by atoms with Gasteiger partial charge in [-0.3, -0.25) is 4.79 Å². The summed E-state index contributed by atoms with van der Waals surface area (Å²) in [4.78, 5) is 16.9. The maximum atomic E-state index is 12.3. The van der Waals surface area contributed by atoms with E-state index in [1.807, 2.05) is 67.8 Å². The molecule has 2 aromatic carbocycles. The molecule has 0 aliphatic heterocycles. The second kappa shape index (κ2) is 8.15. The molecule has 1 heterocycles. The number of amides is 1. The summed E-state index contributed by atoms with van der Waals surface area (Å²) in [6.07, 6.45) is -0.567. The molecule has 134 valence electrons. The highest BCUT2D eigenvalue weighted by Gasteiger charge is 2.16. The van der Waals surface area contributed by atoms with Gasteiger partial charge in [0, 0.05) is 10.9 Å². The Kier molecular flexibility index (Phi) is 5.68. The largest absolute Gasteiger partial charge is 0.481 e. The second-order valence-corrected chi connectivity index (χ2v) is 7.04. The van der Waals surface area contributed by atoms with Gasteiger partial charge in [0.2, 0.25) is 0 Å². The summed E-state index contributed by atoms with van der Waals surface area (Å²) in [5.41, 5.74) is 4.13. The standard InChI is InChI=1S/C21H22N2O2S/c1-14-8-7-11-19(15(14)2)25-16(3)20(24)22-12-18-13-26-21(23-18)17-9-5-4-6-10-17/h4-11,13,16H,12H2,1-3H3,(H,22,24)/t16-/m0/s1. The van der Waals surface area contributed by atoms with E-state index < -0.39 is 6.10 Å². The van der Waals surface area contributed by atoms with E-state index >= 15 is 0 Å². The number of aryl methyl sites for hydroxylation is 1. The molecule has 4 nitrogen and oxygen atoms in total. The van der Waals surface area contributed by atoms with Crippen LogP contribution < -0.4 is 10.1 Å². The van der Waals surface area contributed by atoms with Crippen molar-refractivity contribution in [1.82, 2.24) is 10.3 Å². The van der Waals surface area contributed by atoms with Crippen LogP contribution in [0.2, 0.25) is 0 Å². The lowest BCUT2D eigenvalue weighted by Gasteiger charge is -2.16. The van der Waals surface area contributed by atoms with Crippen molar-refractivity contribution in [2.75, 3.05) is 0 Å². The van der Waals surface area contributed by atoms with E-state index in [0.717, 1.165) is 33.1 Å². The van der Waals surface area contributed by atoms with Crippen molar-refractivity contribution in [2.45, 2.75) is 33.4 Å². The quantitative estimate of drug-likeness (QED) is 0.698. The van der Waals surface area contributed by atoms with Gasteiger partial charge in [0.1, 0.15) is 10.8 Å². The van der Waals surface area contributed by atoms with E-state index in [-0.39, 0.29) is 5.91 Å². The molecule has 3 rings (SSSR count). The smallest absolute Gasteiger partial charge is 0.261 e. The van der Waals surface area contributed by atoms with Gasteiger partial charge in [-0.05, 0) is 38.0 Å². The average molecular weight is 366 g/mol. The zero-order chi connectivity index (χ0) is 18.5. The molecule has 26 heavy (non-hydrogen) atoms. The Bertz CT molecular complexity index is 890. The summed E-state index contributed by atoms with van der Waals surface area (Å²) in [5.74, 6) is 0.591. The number of carbonyl (C=O) groups excluding carboxylic acids is 1. The third-order valence-electron chi connectivity index (χ3n) is 4.24. The van der Waals surface area contributed by atoms with E-state index in [1.165, 1.54) is 0 Å². The van der Waals surface area contributed by atoms with Gasteiger partial charge in [-0.2, -0.15) is 0 Å². The lowest BCUT2D eigenvalue weighted by atomic mass is 10.1. The summed E-state index contributed by atoms with van der Waals surface area (Å²) in [7, 11) is 0. The molecule has 0 aliphatic carbocycles. The number of hydrogen-bond acceptors (Lipinski definition) is 4. The number of aromatic nitrogens is 1. The molecule has 1 aromatic heterocycles. The Morgan fingerprint density at radius 1 is 1.15 bits per heavy atom. The molecule has 0 aliphatic rings. The topological polar surface area (TPSA) is 51.2 Å². The molecule has 5 heteroatoms. The van der Waals surface area contributed by atoms with Gasteiger partial charge in [-0.25, -0.2) is 4.98 Å². The fourth-order valence-electron chi connectivity index (χ4n) is 2.52. The highest BCUT2D eigenvalue weighted by Crippen LogP contribution is 2.23. The van der Waals surface area contributed by atoms with Crippen LogP contribution in [0.25, 0.3) is 10.6 Å². The molecule has 1 amide bonds. The molecule has 1 atom stereocenters. The fraction of sp³-hybridized carbons (Fsp3) is 0.238. The summed E-state index contributed by atoms with van der Waals surface area (Å²) in [5, 5.41) is 5.82. The van der Waals surface area contributed by atoms with Crippen molar-refractivity contribution >= 4 is 17.2 Å². The number of benzene rings is 2. The number of ether oxygens (including phenoxy) is 1. The number of nitrogens with one attached hydrogen (secondary N) is 1. The van der Waals surface area contributed by atoms with E-state index in [2.05, 4.69) is 10.3 Å². The first-order chi connectivity index (χ1) is 12.5. The second-order valence-electron chi connectivity index (χ2n) is 6.19. The van der Waals surface area contributed by atoms with Gasteiger partial charge >= 0.3 is 0 Å². The Morgan fingerprint density at radius 2 is 1.92 bits per heavy atom. The number of carbonyl (C=O) groups is 1. The normalized spacial score (nSPS) is 11.8. The Hall–Kier alpha value is -2.66. The van der Waals surface area contributed by atoms with Crippen LogP contribution in [-0.2, 0) is 11.3 Å². The van der Waals surface area contributed by atoms with E-state index in [0.29, 0.717) is 6.54 Å². The number of nitrogens with zero attached hydrogens (tertiary/aromatic N) is 1. The van der Waals surface area contributed by atoms with Gasteiger partial charge in [0.05, 0.1) is 12.2 Å². The first-order valence-corrected chi connectivity index (χ1v) is 9.43. The van der Waals surface area contributed by atoms with Crippen LogP contribution in [0.15, 0.2) is 53.9 Å². The average Bonchev–Trinajstić information content (AvgIpc) is 3.13. The fourth-order valence-corrected chi connectivity index (χ4v) is 3.34. The van der Waals surface area contributed by atoms with Gasteiger partial charge in [-0.15, -0.1) is 11.3 Å². The van der Waals surface area contributed by atoms with Crippen molar-refractivity contribution in [3.05, 3.63) is 70.7 Å². The van der Waals surface area contributed by atoms with E-state index in [9.17, 15) is 4.79 Å². The minimum atomic E-state index is -0.567. The molecule has 0 bridgehead atoms. The van der Waals surface area contributed by atoms with E-state index in [1.54, 1.807) is 18.3 Å². The Balaban J connectivity index is 1.57. The summed E-state index contributed by atoms with van der Waals surface area (Å²) >= 11 is 1.58. The van der Waals surface area contributed by atoms with Gasteiger partial charge in [0.15, 0.2) is 6.10 Å². The summed E-state index contributed by atoms with van der Waals surface area (Å²) < 4.78 is 5.82. The number of rotatable bonds is 6. The minimum absolute atomic E-state index is 0.153. The molecule has 0 spiro atoms. The van der Waals surface area contributed by atoms with Crippen molar-refractivity contribution in [3.8, 4) is 16.3 Å². The maximum Gasteiger partial charge on any atom is 0.261 e. The van der Waals surface area contributed by atoms with Crippen LogP contribution in [0.5, 0.6) is 5.75 Å². The first-order valence-electron chi connectivity index (χ1n) is 8.55. The van der Waals surface area contributed by atoms with Crippen LogP contribution in [0.1, 0.15) is 23.7 Å². The summed E-state index contributed by atoms with van der Waals surface area (Å²) in [6.45, 7) is 6.17. The molecule has 3 aromatic rings. The van der Waals surface area contributed by atoms with Crippen LogP contribution >= 0.6 is 11.3 Å². The number of hydrogen-bond donors (Lipinski definition) is 1. The zero-order valence-electron chi connectivity index (χ0n) is 15.2. The Labute approximate surface area is 157 Å². The molecule has 0 fully saturated rings. The molecular formula is C21H22N2O2S. The monoisotopic (exact) mass is 366 g/mol. The van der Waals surface area contributed by atoms with Crippen molar-refractivity contribution in [1.29, 1.82) is 0 Å². The third-order valence-corrected chi connectivity index (χ3v) is 5.18. The highest BCUT2D eigenvalue weighted by molar-refractivity contribution is 7.13. The van der Waals surface area contributed by atoms with Crippen molar-refractivity contribution in [3.63, 3.8) is 0 Å². The highest BCUT2D eigenvalue weighted by atomic mass is 32.1. The molecular weight excluding hydrogens is 344 g/mol. The molecule has 0 saturated heterocycles. The van der Waals surface area contributed by atoms with Crippen LogP contribution in [0.4, 0.5) is 0 Å². The van der Waals surface area contributed by atoms with Crippen LogP contribution in [0.3, 0.4) is 0 Å². The lowest BCUT2D eigenvalue weighted by molar-refractivity contribution is -0.127. The van der Waals surface area contributed by atoms with Crippen molar-refractivity contribution < 1.29 is 9.53 Å². The molecule has 1 N–H and O–H groups in total. The van der Waals surface area contributed by atoms with Gasteiger partial charge < -0.3 is 10.1 Å². The summed E-state index contributed by atoms with van der Waals surface area (Å²) in [6, 6.07) is 15.9.